The number of nitrogens with zero attached hydrogens (tertiary/aromatic N) is 2. The van der Waals surface area contributed by atoms with E-state index in [1.807, 2.05) is 36.4 Å². The Morgan fingerprint density at radius 3 is 1.56 bits per heavy atom. The van der Waals surface area contributed by atoms with Crippen LogP contribution in [0.4, 0.5) is 0 Å². The maximum absolute atomic E-state index is 11.9. The van der Waals surface area contributed by atoms with Gasteiger partial charge in [0, 0.05) is 32.9 Å². The summed E-state index contributed by atoms with van der Waals surface area (Å²) in [7, 11) is 3.16. The second-order valence-corrected chi connectivity index (χ2v) is 9.10. The molecule has 0 heterocycles. The van der Waals surface area contributed by atoms with Gasteiger partial charge in [-0.15, -0.1) is 0 Å². The number of hydrogen-bond acceptors (Lipinski definition) is 6. The number of amides is 2. The van der Waals surface area contributed by atoms with E-state index in [0.717, 1.165) is 45.8 Å². The molecule has 0 unspecified atom stereocenters. The Labute approximate surface area is 216 Å². The number of hydrogen-bond donors (Lipinski definition) is 2. The number of ether oxygens (including phenoxy) is 2. The quantitative estimate of drug-likeness (QED) is 0.189. The van der Waals surface area contributed by atoms with Crippen molar-refractivity contribution in [2.24, 2.45) is 10.2 Å². The Balaban J connectivity index is 1.59. The van der Waals surface area contributed by atoms with Crippen LogP contribution in [0.3, 0.4) is 0 Å². The van der Waals surface area contributed by atoms with Gasteiger partial charge in [-0.25, -0.2) is 10.9 Å². The zero-order valence-electron chi connectivity index (χ0n) is 19.1. The van der Waals surface area contributed by atoms with Gasteiger partial charge in [0.25, 0.3) is 0 Å². The molecule has 8 nitrogen and oxygen atoms in total. The Kier molecular flexibility index (Phi) is 12.3. The number of rotatable bonds is 13. The molecule has 0 aliphatic carbocycles. The number of benzene rings is 2. The molecule has 0 radical (unpaired) electrons. The van der Waals surface area contributed by atoms with Gasteiger partial charge in [0.15, 0.2) is 0 Å². The van der Waals surface area contributed by atoms with E-state index in [4.69, 9.17) is 9.47 Å². The number of halogens is 2. The van der Waals surface area contributed by atoms with Crippen LogP contribution >= 0.6 is 31.9 Å². The first-order chi connectivity index (χ1) is 16.4. The van der Waals surface area contributed by atoms with E-state index in [-0.39, 0.29) is 11.8 Å². The highest BCUT2D eigenvalue weighted by Crippen LogP contribution is 2.22. The van der Waals surface area contributed by atoms with Gasteiger partial charge in [0.2, 0.25) is 11.8 Å². The molecule has 2 amide bonds. The number of hydrazone groups is 2. The topological polar surface area (TPSA) is 101 Å². The molecule has 0 atom stereocenters. The van der Waals surface area contributed by atoms with Crippen LogP contribution in [0.1, 0.15) is 49.7 Å². The molecule has 2 aromatic rings. The van der Waals surface area contributed by atoms with E-state index >= 15 is 0 Å². The molecule has 182 valence electrons. The van der Waals surface area contributed by atoms with Crippen LogP contribution in [0.25, 0.3) is 0 Å². The van der Waals surface area contributed by atoms with E-state index in [1.165, 1.54) is 0 Å². The minimum Gasteiger partial charge on any atom is -0.496 e. The maximum Gasteiger partial charge on any atom is 0.240 e. The summed E-state index contributed by atoms with van der Waals surface area (Å²) in [4.78, 5) is 23.9. The van der Waals surface area contributed by atoms with Crippen molar-refractivity contribution in [2.45, 2.75) is 38.5 Å². The molecule has 0 fully saturated rings. The smallest absolute Gasteiger partial charge is 0.240 e. The zero-order valence-corrected chi connectivity index (χ0v) is 22.3. The summed E-state index contributed by atoms with van der Waals surface area (Å²) in [5, 5.41) is 7.99. The minimum atomic E-state index is -0.153. The molecule has 0 saturated heterocycles. The van der Waals surface area contributed by atoms with Gasteiger partial charge in [-0.2, -0.15) is 10.2 Å². The second kappa shape index (κ2) is 15.2. The number of carbonyl (C=O) groups is 2. The number of nitrogens with one attached hydrogen (secondary N) is 2. The van der Waals surface area contributed by atoms with E-state index in [1.54, 1.807) is 26.6 Å². The van der Waals surface area contributed by atoms with Crippen molar-refractivity contribution in [3.63, 3.8) is 0 Å². The fourth-order valence-corrected chi connectivity index (χ4v) is 3.75. The molecule has 34 heavy (non-hydrogen) atoms. The highest BCUT2D eigenvalue weighted by atomic mass is 79.9. The Hall–Kier alpha value is -2.72. The van der Waals surface area contributed by atoms with Gasteiger partial charge in [0.05, 0.1) is 26.6 Å². The Morgan fingerprint density at radius 1 is 0.765 bits per heavy atom. The SMILES string of the molecule is COc1ccc(Br)cc1/C=N\NC(=O)CCCCCCC(=O)N/N=C\c1cc(Br)ccc1OC. The van der Waals surface area contributed by atoms with Crippen molar-refractivity contribution in [3.8, 4) is 11.5 Å². The third-order valence-corrected chi connectivity index (χ3v) is 5.71. The second-order valence-electron chi connectivity index (χ2n) is 7.27. The lowest BCUT2D eigenvalue weighted by Crippen LogP contribution is -2.17. The summed E-state index contributed by atoms with van der Waals surface area (Å²) in [6.45, 7) is 0. The number of carbonyl (C=O) groups excluding carboxylic acids is 2. The van der Waals surface area contributed by atoms with Crippen molar-refractivity contribution in [1.82, 2.24) is 10.9 Å². The largest absolute Gasteiger partial charge is 0.496 e. The van der Waals surface area contributed by atoms with E-state index in [0.29, 0.717) is 24.3 Å². The van der Waals surface area contributed by atoms with Crippen molar-refractivity contribution in [1.29, 1.82) is 0 Å². The molecule has 10 heteroatoms. The van der Waals surface area contributed by atoms with E-state index in [9.17, 15) is 9.59 Å². The van der Waals surface area contributed by atoms with Gasteiger partial charge in [-0.05, 0) is 49.2 Å². The summed E-state index contributed by atoms with van der Waals surface area (Å²) in [5.74, 6) is 1.04. The monoisotopic (exact) mass is 594 g/mol. The lowest BCUT2D eigenvalue weighted by Gasteiger charge is -2.05. The normalized spacial score (nSPS) is 11.1. The summed E-state index contributed by atoms with van der Waals surface area (Å²) < 4.78 is 12.3. The molecule has 0 spiro atoms. The van der Waals surface area contributed by atoms with Gasteiger partial charge in [-0.1, -0.05) is 44.7 Å². The van der Waals surface area contributed by atoms with Gasteiger partial charge >= 0.3 is 0 Å². The molecule has 2 N–H and O–H groups in total. The molecule has 0 aliphatic heterocycles. The predicted molar refractivity (Wildman–Crippen MR) is 141 cm³/mol. The highest BCUT2D eigenvalue weighted by Gasteiger charge is 2.04. The number of methoxy groups -OCH3 is 2. The molecular weight excluding hydrogens is 568 g/mol. The lowest BCUT2D eigenvalue weighted by molar-refractivity contribution is -0.122. The predicted octanol–water partition coefficient (Wildman–Crippen LogP) is 5.17. The summed E-state index contributed by atoms with van der Waals surface area (Å²) in [6, 6.07) is 11.1. The van der Waals surface area contributed by atoms with Crippen molar-refractivity contribution < 1.29 is 19.1 Å². The summed E-state index contributed by atoms with van der Waals surface area (Å²) in [5.41, 5.74) is 6.57. The van der Waals surface area contributed by atoms with Crippen LogP contribution in [0, 0.1) is 0 Å². The Morgan fingerprint density at radius 2 is 1.18 bits per heavy atom. The third kappa shape index (κ3) is 10.0. The van der Waals surface area contributed by atoms with Crippen molar-refractivity contribution in [3.05, 3.63) is 56.5 Å². The van der Waals surface area contributed by atoms with Crippen LogP contribution < -0.4 is 20.3 Å². The molecule has 0 aliphatic rings. The minimum absolute atomic E-state index is 0.153. The van der Waals surface area contributed by atoms with E-state index < -0.39 is 0 Å². The van der Waals surface area contributed by atoms with Crippen LogP contribution in [0.15, 0.2) is 55.5 Å². The van der Waals surface area contributed by atoms with E-state index in [2.05, 4.69) is 52.9 Å². The molecule has 0 aromatic heterocycles. The maximum atomic E-state index is 11.9. The fraction of sp³-hybridized carbons (Fsp3) is 0.333. The average molecular weight is 596 g/mol. The molecular formula is C24H28Br2N4O4. The molecule has 0 bridgehead atoms. The van der Waals surface area contributed by atoms with Crippen LogP contribution in [-0.4, -0.2) is 38.5 Å². The zero-order chi connectivity index (χ0) is 24.8. The van der Waals surface area contributed by atoms with Crippen molar-refractivity contribution in [2.75, 3.05) is 14.2 Å². The Bertz CT molecular complexity index is 947. The van der Waals surface area contributed by atoms with Crippen molar-refractivity contribution >= 4 is 56.1 Å². The molecule has 2 rings (SSSR count). The lowest BCUT2D eigenvalue weighted by atomic mass is 10.1. The van der Waals surface area contributed by atoms with Crippen LogP contribution in [-0.2, 0) is 9.59 Å². The fourth-order valence-electron chi connectivity index (χ4n) is 3.00. The summed E-state index contributed by atoms with van der Waals surface area (Å²) in [6.07, 6.45) is 7.00. The first kappa shape index (κ1) is 27.5. The van der Waals surface area contributed by atoms with Gasteiger partial charge < -0.3 is 9.47 Å². The van der Waals surface area contributed by atoms with Crippen LogP contribution in [0.2, 0.25) is 0 Å². The molecule has 0 saturated carbocycles. The summed E-state index contributed by atoms with van der Waals surface area (Å²) >= 11 is 6.79. The average Bonchev–Trinajstić information content (AvgIpc) is 2.81. The number of unbranched alkanes of at least 4 members (excludes halogenated alkanes) is 3. The first-order valence-electron chi connectivity index (χ1n) is 10.7. The third-order valence-electron chi connectivity index (χ3n) is 4.73. The van der Waals surface area contributed by atoms with Gasteiger partial charge in [-0.3, -0.25) is 9.59 Å². The van der Waals surface area contributed by atoms with Gasteiger partial charge in [0.1, 0.15) is 11.5 Å². The first-order valence-corrected chi connectivity index (χ1v) is 12.3. The molecule has 2 aromatic carbocycles. The standard InChI is InChI=1S/C24H28Br2N4O4/c1-33-21-11-9-19(25)13-17(21)15-27-29-23(31)7-5-3-4-6-8-24(32)30-28-16-18-14-20(26)10-12-22(18)34-2/h9-16H,3-8H2,1-2H3,(H,29,31)(H,30,32)/b27-15-,28-16-. The van der Waals surface area contributed by atoms with Crippen LogP contribution in [0.5, 0.6) is 11.5 Å². The highest BCUT2D eigenvalue weighted by molar-refractivity contribution is 9.10.